The molecular weight excluding hydrogens is 316 g/mol. The first-order chi connectivity index (χ1) is 8.17. The zero-order valence-corrected chi connectivity index (χ0v) is 11.9. The minimum atomic E-state index is -0.354. The van der Waals surface area contributed by atoms with Gasteiger partial charge in [0.25, 0.3) is 0 Å². The number of thiophene rings is 1. The van der Waals surface area contributed by atoms with E-state index in [0.29, 0.717) is 0 Å². The lowest BCUT2D eigenvalue weighted by atomic mass is 10.2. The molecule has 84 valence electrons. The van der Waals surface area contributed by atoms with Crippen LogP contribution in [0.5, 0.6) is 0 Å². The lowest BCUT2D eigenvalue weighted by Crippen LogP contribution is -2.07. The van der Waals surface area contributed by atoms with E-state index in [9.17, 15) is 0 Å². The molecule has 0 bridgehead atoms. The van der Waals surface area contributed by atoms with Crippen LogP contribution in [-0.2, 0) is 0 Å². The average molecular weight is 323 g/mol. The highest BCUT2D eigenvalue weighted by Crippen LogP contribution is 2.52. The molecule has 1 aromatic rings. The predicted molar refractivity (Wildman–Crippen MR) is 75.5 cm³/mol. The average Bonchev–Trinajstić information content (AvgIpc) is 2.95. The van der Waals surface area contributed by atoms with Crippen molar-refractivity contribution in [2.45, 2.75) is 10.1 Å². The Morgan fingerprint density at radius 3 is 2.82 bits per heavy atom. The zero-order valence-electron chi connectivity index (χ0n) is 8.68. The Hall–Kier alpha value is -1.01. The molecule has 0 aliphatic carbocycles. The maximum Gasteiger partial charge on any atom is 0.127 e. The summed E-state index contributed by atoms with van der Waals surface area (Å²) < 4.78 is -0.354. The molecule has 0 saturated carbocycles. The molecule has 2 nitrogen and oxygen atoms in total. The molecule has 5 heteroatoms. The van der Waals surface area contributed by atoms with Crippen LogP contribution >= 0.6 is 39.0 Å². The van der Waals surface area contributed by atoms with Crippen molar-refractivity contribution < 1.29 is 0 Å². The smallest absolute Gasteiger partial charge is 0.127 e. The lowest BCUT2D eigenvalue weighted by Gasteiger charge is -2.15. The van der Waals surface area contributed by atoms with Gasteiger partial charge in [0.15, 0.2) is 0 Å². The highest BCUT2D eigenvalue weighted by Gasteiger charge is 2.32. The van der Waals surface area contributed by atoms with Crippen molar-refractivity contribution in [3.8, 4) is 12.1 Å². The van der Waals surface area contributed by atoms with Crippen LogP contribution < -0.4 is 0 Å². The largest absolute Gasteiger partial charge is 0.192 e. The molecule has 0 fully saturated rings. The minimum Gasteiger partial charge on any atom is -0.192 e. The summed E-state index contributed by atoms with van der Waals surface area (Å²) in [7, 11) is 0. The van der Waals surface area contributed by atoms with Crippen molar-refractivity contribution in [3.05, 3.63) is 40.1 Å². The number of halogens is 1. The van der Waals surface area contributed by atoms with E-state index in [-0.39, 0.29) is 9.23 Å². The first-order valence-corrected chi connectivity index (χ1v) is 7.31. The van der Waals surface area contributed by atoms with Crippen LogP contribution in [0.3, 0.4) is 0 Å². The number of hydrogen-bond acceptors (Lipinski definition) is 4. The molecule has 2 rings (SSSR count). The van der Waals surface area contributed by atoms with Crippen molar-refractivity contribution in [2.24, 2.45) is 0 Å². The number of thioether (sulfide) groups is 1. The summed E-state index contributed by atoms with van der Waals surface area (Å²) in [5.74, 6) is 0. The van der Waals surface area contributed by atoms with E-state index in [1.54, 1.807) is 29.2 Å². The van der Waals surface area contributed by atoms with Crippen LogP contribution in [0.4, 0.5) is 0 Å². The van der Waals surface area contributed by atoms with E-state index in [1.165, 1.54) is 9.78 Å². The van der Waals surface area contributed by atoms with Crippen molar-refractivity contribution in [1.82, 2.24) is 0 Å². The Morgan fingerprint density at radius 1 is 1.47 bits per heavy atom. The molecule has 2 heterocycles. The Labute approximate surface area is 116 Å². The highest BCUT2D eigenvalue weighted by atomic mass is 79.9. The van der Waals surface area contributed by atoms with Crippen LogP contribution in [0.25, 0.3) is 4.91 Å². The van der Waals surface area contributed by atoms with E-state index in [2.05, 4.69) is 28.1 Å². The Bertz CT molecular complexity index is 544. The number of alkyl halides is 1. The quantitative estimate of drug-likeness (QED) is 0.602. The molecule has 1 aliphatic heterocycles. The van der Waals surface area contributed by atoms with Gasteiger partial charge >= 0.3 is 0 Å². The van der Waals surface area contributed by atoms with E-state index in [0.717, 1.165) is 6.42 Å². The van der Waals surface area contributed by atoms with Crippen LogP contribution in [0.15, 0.2) is 35.2 Å². The third-order valence-corrected chi connectivity index (χ3v) is 5.51. The Kier molecular flexibility index (Phi) is 3.73. The molecule has 1 aromatic heterocycles. The lowest BCUT2D eigenvalue weighted by molar-refractivity contribution is 1.04. The van der Waals surface area contributed by atoms with Gasteiger partial charge in [-0.1, -0.05) is 28.1 Å². The molecule has 17 heavy (non-hydrogen) atoms. The fraction of sp³-hybridized carbons (Fsp3) is 0.167. The number of allylic oxidation sites excluding steroid dienone is 2. The van der Waals surface area contributed by atoms with E-state index in [4.69, 9.17) is 10.5 Å². The topological polar surface area (TPSA) is 47.6 Å². The van der Waals surface area contributed by atoms with Crippen LogP contribution in [0.1, 0.15) is 11.3 Å². The molecule has 1 unspecified atom stereocenters. The Morgan fingerprint density at radius 2 is 2.24 bits per heavy atom. The van der Waals surface area contributed by atoms with Crippen molar-refractivity contribution in [2.75, 3.05) is 0 Å². The molecule has 0 N–H and O–H groups in total. The highest BCUT2D eigenvalue weighted by molar-refractivity contribution is 9.12. The number of hydrogen-bond donors (Lipinski definition) is 0. The first-order valence-electron chi connectivity index (χ1n) is 4.82. The van der Waals surface area contributed by atoms with Crippen LogP contribution in [0, 0.1) is 22.7 Å². The van der Waals surface area contributed by atoms with Crippen molar-refractivity contribution >= 4 is 43.9 Å². The first kappa shape index (κ1) is 12.4. The summed E-state index contributed by atoms with van der Waals surface area (Å²) in [4.78, 5) is 2.42. The van der Waals surface area contributed by atoms with Gasteiger partial charge in [0.1, 0.15) is 17.7 Å². The van der Waals surface area contributed by atoms with Gasteiger partial charge in [-0.25, -0.2) is 0 Å². The van der Waals surface area contributed by atoms with Gasteiger partial charge in [-0.05, 0) is 23.9 Å². The zero-order chi connectivity index (χ0) is 12.3. The summed E-state index contributed by atoms with van der Waals surface area (Å²) in [5.41, 5.74) is 0.148. The molecule has 0 amide bonds. The third kappa shape index (κ3) is 2.81. The molecule has 0 aromatic carbocycles. The van der Waals surface area contributed by atoms with Crippen molar-refractivity contribution in [3.63, 3.8) is 0 Å². The predicted octanol–water partition coefficient (Wildman–Crippen LogP) is 4.29. The fourth-order valence-corrected chi connectivity index (χ4v) is 4.35. The van der Waals surface area contributed by atoms with E-state index in [1.807, 2.05) is 23.6 Å². The van der Waals surface area contributed by atoms with Gasteiger partial charge in [-0.3, -0.25) is 0 Å². The molecule has 1 atom stereocenters. The molecule has 0 spiro atoms. The van der Waals surface area contributed by atoms with E-state index < -0.39 is 0 Å². The number of nitriles is 2. The Balaban J connectivity index is 2.18. The van der Waals surface area contributed by atoms with Gasteiger partial charge < -0.3 is 0 Å². The maximum absolute atomic E-state index is 8.76. The van der Waals surface area contributed by atoms with Gasteiger partial charge in [0.05, 0.1) is 3.66 Å². The van der Waals surface area contributed by atoms with Crippen LogP contribution in [0.2, 0.25) is 0 Å². The normalized spacial score (nSPS) is 22.4. The number of rotatable bonds is 2. The number of nitrogens with zero attached hydrogens (tertiary/aromatic N) is 2. The summed E-state index contributed by atoms with van der Waals surface area (Å²) in [6.07, 6.45) is 4.60. The summed E-state index contributed by atoms with van der Waals surface area (Å²) in [6, 6.07) is 7.87. The third-order valence-electron chi connectivity index (χ3n) is 2.21. The summed E-state index contributed by atoms with van der Waals surface area (Å²) in [5, 5.41) is 19.6. The monoisotopic (exact) mass is 322 g/mol. The van der Waals surface area contributed by atoms with Gasteiger partial charge in [0, 0.05) is 9.78 Å². The second kappa shape index (κ2) is 5.10. The van der Waals surface area contributed by atoms with Crippen LogP contribution in [-0.4, -0.2) is 3.66 Å². The maximum atomic E-state index is 8.76. The van der Waals surface area contributed by atoms with Crippen molar-refractivity contribution in [1.29, 1.82) is 10.5 Å². The fourth-order valence-electron chi connectivity index (χ4n) is 1.46. The van der Waals surface area contributed by atoms with Gasteiger partial charge in [0.2, 0.25) is 0 Å². The molecule has 1 aliphatic rings. The second-order valence-electron chi connectivity index (χ2n) is 3.42. The summed E-state index contributed by atoms with van der Waals surface area (Å²) in [6.45, 7) is 0. The molecule has 0 radical (unpaired) electrons. The van der Waals surface area contributed by atoms with Gasteiger partial charge in [-0.2, -0.15) is 10.5 Å². The SMILES string of the molecule is N#CC(C#N)=CC1(Br)CC=C(c2cccs2)S1. The minimum absolute atomic E-state index is 0.148. The standard InChI is InChI=1S/C12H7BrN2S2/c13-12(6-9(7-14)8-15)4-3-11(17-12)10-2-1-5-16-10/h1-3,5-6H,4H2. The molecular formula is C12H7BrN2S2. The second-order valence-corrected chi connectivity index (χ2v) is 7.68. The molecule has 0 saturated heterocycles. The summed E-state index contributed by atoms with van der Waals surface area (Å²) >= 11 is 6.92. The van der Waals surface area contributed by atoms with Gasteiger partial charge in [-0.15, -0.1) is 23.1 Å². The van der Waals surface area contributed by atoms with E-state index >= 15 is 0 Å².